The number of hydrogen-bond donors (Lipinski definition) is 0. The summed E-state index contributed by atoms with van der Waals surface area (Å²) in [6.07, 6.45) is 2.91. The quantitative estimate of drug-likeness (QED) is 0.470. The third kappa shape index (κ3) is 2.67. The molecule has 2 aromatic rings. The van der Waals surface area contributed by atoms with Crippen molar-refractivity contribution in [2.75, 3.05) is 25.7 Å². The highest BCUT2D eigenvalue weighted by molar-refractivity contribution is 6.09. The van der Waals surface area contributed by atoms with Gasteiger partial charge < -0.3 is 18.8 Å². The van der Waals surface area contributed by atoms with Crippen LogP contribution >= 0.6 is 0 Å². The second kappa shape index (κ2) is 6.87. The third-order valence-corrected chi connectivity index (χ3v) is 4.18. The fraction of sp³-hybridized carbons (Fsp3) is 0.211. The van der Waals surface area contributed by atoms with Crippen molar-refractivity contribution < 1.29 is 23.5 Å². The largest absolute Gasteiger partial charge is 0.467 e. The lowest BCUT2D eigenvalue weighted by Crippen LogP contribution is -2.48. The van der Waals surface area contributed by atoms with Gasteiger partial charge in [-0.05, 0) is 18.2 Å². The fourth-order valence-electron chi connectivity index (χ4n) is 3.11. The second-order valence-corrected chi connectivity index (χ2v) is 5.61. The molecule has 2 heterocycles. The van der Waals surface area contributed by atoms with Crippen molar-refractivity contribution in [1.29, 1.82) is 0 Å². The van der Waals surface area contributed by atoms with Crippen LogP contribution in [0.2, 0.25) is 0 Å². The minimum atomic E-state index is -1.07. The Morgan fingerprint density at radius 3 is 2.65 bits per heavy atom. The number of ether oxygens (including phenoxy) is 2. The van der Waals surface area contributed by atoms with Crippen molar-refractivity contribution >= 4 is 34.7 Å². The summed E-state index contributed by atoms with van der Waals surface area (Å²) >= 11 is 0. The first-order chi connectivity index (χ1) is 12.5. The number of hydrogen-bond acceptors (Lipinski definition) is 7. The van der Waals surface area contributed by atoms with Crippen LogP contribution < -0.4 is 10.5 Å². The molecule has 1 aliphatic rings. The van der Waals surface area contributed by atoms with Crippen molar-refractivity contribution in [3.63, 3.8) is 0 Å². The van der Waals surface area contributed by atoms with Gasteiger partial charge in [0.15, 0.2) is 6.04 Å². The number of carbonyl (C=O) groups excluding carboxylic acids is 2. The van der Waals surface area contributed by atoms with Gasteiger partial charge in [-0.1, -0.05) is 18.2 Å². The number of nitrogens with zero attached hydrogens (tertiary/aromatic N) is 1. The van der Waals surface area contributed by atoms with Crippen LogP contribution in [-0.2, 0) is 19.1 Å². The van der Waals surface area contributed by atoms with Gasteiger partial charge >= 0.3 is 17.6 Å². The van der Waals surface area contributed by atoms with E-state index in [4.69, 9.17) is 13.9 Å². The van der Waals surface area contributed by atoms with E-state index in [-0.39, 0.29) is 17.7 Å². The maximum atomic E-state index is 12.5. The zero-order valence-electron chi connectivity index (χ0n) is 14.4. The van der Waals surface area contributed by atoms with Crippen LogP contribution in [0.4, 0.5) is 5.69 Å². The summed E-state index contributed by atoms with van der Waals surface area (Å²) < 4.78 is 15.0. The highest BCUT2D eigenvalue weighted by Gasteiger charge is 2.40. The predicted molar refractivity (Wildman–Crippen MR) is 95.8 cm³/mol. The van der Waals surface area contributed by atoms with Crippen molar-refractivity contribution in [2.24, 2.45) is 0 Å². The molecule has 0 spiro atoms. The fourth-order valence-corrected chi connectivity index (χ4v) is 3.11. The number of rotatable bonds is 4. The minimum Gasteiger partial charge on any atom is -0.467 e. The van der Waals surface area contributed by atoms with Crippen LogP contribution in [0.3, 0.4) is 0 Å². The molecular weight excluding hydrogens is 338 g/mol. The molecule has 1 aliphatic heterocycles. The number of methoxy groups -OCH3 is 2. The lowest BCUT2D eigenvalue weighted by molar-refractivity contribution is -0.144. The van der Waals surface area contributed by atoms with Gasteiger partial charge in [0.1, 0.15) is 5.58 Å². The third-order valence-electron chi connectivity index (χ3n) is 4.18. The molecule has 0 saturated heterocycles. The van der Waals surface area contributed by atoms with Crippen molar-refractivity contribution in [3.05, 3.63) is 58.5 Å². The highest BCUT2D eigenvalue weighted by Crippen LogP contribution is 2.37. The molecule has 1 atom stereocenters. The predicted octanol–water partition coefficient (Wildman–Crippen LogP) is 1.90. The first-order valence-electron chi connectivity index (χ1n) is 7.84. The molecule has 0 radical (unpaired) electrons. The van der Waals surface area contributed by atoms with Gasteiger partial charge in [0.05, 0.1) is 31.0 Å². The Morgan fingerprint density at radius 1 is 1.27 bits per heavy atom. The minimum absolute atomic E-state index is 0.00344. The summed E-state index contributed by atoms with van der Waals surface area (Å²) in [4.78, 5) is 38.8. The molecule has 0 amide bonds. The molecular formula is C19H17NO6. The van der Waals surface area contributed by atoms with Crippen molar-refractivity contribution in [2.45, 2.75) is 6.04 Å². The summed E-state index contributed by atoms with van der Waals surface area (Å²) in [5, 5.41) is 0.637. The van der Waals surface area contributed by atoms with Crippen LogP contribution in [0, 0.1) is 0 Å². The van der Waals surface area contributed by atoms with Gasteiger partial charge in [0, 0.05) is 11.9 Å². The molecule has 1 aromatic heterocycles. The normalized spacial score (nSPS) is 15.8. The Hall–Kier alpha value is -3.35. The Kier molecular flexibility index (Phi) is 4.62. The second-order valence-electron chi connectivity index (χ2n) is 5.61. The van der Waals surface area contributed by atoms with E-state index < -0.39 is 23.6 Å². The molecule has 1 aromatic carbocycles. The number of carbonyl (C=O) groups is 2. The molecule has 26 heavy (non-hydrogen) atoms. The van der Waals surface area contributed by atoms with Gasteiger partial charge in [0.25, 0.3) is 0 Å². The molecule has 0 aliphatic carbocycles. The van der Waals surface area contributed by atoms with E-state index in [2.05, 4.69) is 6.58 Å². The van der Waals surface area contributed by atoms with E-state index in [1.165, 1.54) is 20.3 Å². The summed E-state index contributed by atoms with van der Waals surface area (Å²) in [6, 6.07) is 5.91. The number of anilines is 1. The van der Waals surface area contributed by atoms with Gasteiger partial charge in [-0.25, -0.2) is 14.4 Å². The Labute approximate surface area is 149 Å². The molecule has 0 bridgehead atoms. The van der Waals surface area contributed by atoms with Crippen molar-refractivity contribution in [3.8, 4) is 0 Å². The van der Waals surface area contributed by atoms with Crippen LogP contribution in [-0.4, -0.2) is 38.7 Å². The lowest BCUT2D eigenvalue weighted by atomic mass is 9.94. The van der Waals surface area contributed by atoms with Crippen LogP contribution in [0.1, 0.15) is 5.56 Å². The highest BCUT2D eigenvalue weighted by atomic mass is 16.5. The van der Waals surface area contributed by atoms with Gasteiger partial charge in [-0.2, -0.15) is 0 Å². The maximum Gasteiger partial charge on any atom is 0.345 e. The molecule has 7 nitrogen and oxygen atoms in total. The first kappa shape index (κ1) is 17.5. The van der Waals surface area contributed by atoms with E-state index in [9.17, 15) is 14.4 Å². The topological polar surface area (TPSA) is 86.0 Å². The molecule has 3 rings (SSSR count). The Morgan fingerprint density at radius 2 is 2.00 bits per heavy atom. The zero-order chi connectivity index (χ0) is 18.8. The number of benzene rings is 1. The van der Waals surface area contributed by atoms with E-state index in [0.717, 1.165) is 0 Å². The van der Waals surface area contributed by atoms with Crippen LogP contribution in [0.5, 0.6) is 0 Å². The monoisotopic (exact) mass is 355 g/mol. The molecule has 1 unspecified atom stereocenters. The smallest absolute Gasteiger partial charge is 0.345 e. The van der Waals surface area contributed by atoms with Gasteiger partial charge in [-0.3, -0.25) is 0 Å². The van der Waals surface area contributed by atoms with Crippen molar-refractivity contribution in [1.82, 2.24) is 0 Å². The van der Waals surface area contributed by atoms with E-state index >= 15 is 0 Å². The zero-order valence-corrected chi connectivity index (χ0v) is 14.4. The summed E-state index contributed by atoms with van der Waals surface area (Å²) in [5.74, 6) is -1.38. The van der Waals surface area contributed by atoms with E-state index in [1.807, 2.05) is 0 Å². The number of para-hydroxylation sites is 1. The van der Waals surface area contributed by atoms with Crippen LogP contribution in [0.15, 0.2) is 51.7 Å². The SMILES string of the molecule is C=CCN1c2c(c(=O)oc3ccccc23)C=C(C(=O)OC)C1C(=O)OC. The van der Waals surface area contributed by atoms with E-state index in [1.54, 1.807) is 35.2 Å². The first-order valence-corrected chi connectivity index (χ1v) is 7.84. The van der Waals surface area contributed by atoms with Gasteiger partial charge in [-0.15, -0.1) is 6.58 Å². The van der Waals surface area contributed by atoms with Crippen LogP contribution in [0.25, 0.3) is 17.0 Å². The average Bonchev–Trinajstić information content (AvgIpc) is 2.66. The number of esters is 2. The summed E-state index contributed by atoms with van der Waals surface area (Å²) in [7, 11) is 2.43. The van der Waals surface area contributed by atoms with E-state index in [0.29, 0.717) is 16.7 Å². The number of fused-ring (bicyclic) bond motifs is 3. The molecule has 7 heteroatoms. The maximum absolute atomic E-state index is 12.5. The molecule has 0 N–H and O–H groups in total. The Balaban J connectivity index is 2.40. The summed E-state index contributed by atoms with van der Waals surface area (Å²) in [5.41, 5.74) is 0.420. The standard InChI is InChI=1S/C19H17NO6/c1-4-9-20-15-11-7-5-6-8-14(11)26-18(22)12(15)10-13(17(21)24-2)16(20)19(23)25-3/h4-8,10,16H,1,9H2,2-3H3. The van der Waals surface area contributed by atoms with Gasteiger partial charge in [0.2, 0.25) is 0 Å². The Bertz CT molecular complexity index is 987. The molecule has 0 saturated carbocycles. The molecule has 134 valence electrons. The average molecular weight is 355 g/mol. The lowest BCUT2D eigenvalue weighted by Gasteiger charge is -2.36. The summed E-state index contributed by atoms with van der Waals surface area (Å²) in [6.45, 7) is 3.91. The molecule has 0 fully saturated rings.